The lowest BCUT2D eigenvalue weighted by molar-refractivity contribution is -0.122. The predicted octanol–water partition coefficient (Wildman–Crippen LogP) is 3.57. The molecule has 0 radical (unpaired) electrons. The fourth-order valence-corrected chi connectivity index (χ4v) is 2.65. The van der Waals surface area contributed by atoms with Crippen molar-refractivity contribution in [3.63, 3.8) is 0 Å². The Morgan fingerprint density at radius 3 is 2.26 bits per heavy atom. The summed E-state index contributed by atoms with van der Waals surface area (Å²) in [5, 5.41) is 0. The Morgan fingerprint density at radius 1 is 1.09 bits per heavy atom. The van der Waals surface area contributed by atoms with E-state index in [-0.39, 0.29) is 11.2 Å². The van der Waals surface area contributed by atoms with Crippen molar-refractivity contribution in [3.05, 3.63) is 42.0 Å². The van der Waals surface area contributed by atoms with Crippen molar-refractivity contribution >= 4 is 11.9 Å². The van der Waals surface area contributed by atoms with Crippen molar-refractivity contribution in [1.82, 2.24) is 9.80 Å². The summed E-state index contributed by atoms with van der Waals surface area (Å²) >= 11 is 0. The van der Waals surface area contributed by atoms with Gasteiger partial charge in [-0.3, -0.25) is 4.79 Å². The van der Waals surface area contributed by atoms with E-state index < -0.39 is 0 Å². The average molecular weight is 316 g/mol. The molecule has 23 heavy (non-hydrogen) atoms. The van der Waals surface area contributed by atoms with Gasteiger partial charge in [0, 0.05) is 25.0 Å². The maximum atomic E-state index is 12.5. The second kappa shape index (κ2) is 9.64. The van der Waals surface area contributed by atoms with Crippen LogP contribution in [0.2, 0.25) is 0 Å². The van der Waals surface area contributed by atoms with Gasteiger partial charge < -0.3 is 9.80 Å². The minimum absolute atomic E-state index is 0.177. The van der Waals surface area contributed by atoms with Crippen LogP contribution in [-0.2, 0) is 4.79 Å². The van der Waals surface area contributed by atoms with Crippen LogP contribution in [0.15, 0.2) is 36.4 Å². The number of carbonyl (C=O) groups is 1. The first-order valence-electron chi connectivity index (χ1n) is 8.57. The predicted molar refractivity (Wildman–Crippen MR) is 99.5 cm³/mol. The number of likely N-dealkylation sites (N-methyl/N-ethyl adjacent to an activating group) is 2. The van der Waals surface area contributed by atoms with Crippen LogP contribution in [0.1, 0.15) is 33.3 Å². The van der Waals surface area contributed by atoms with E-state index in [2.05, 4.69) is 30.7 Å². The third-order valence-corrected chi connectivity index (χ3v) is 4.25. The van der Waals surface area contributed by atoms with Crippen molar-refractivity contribution in [2.75, 3.05) is 39.8 Å². The van der Waals surface area contributed by atoms with E-state index in [4.69, 9.17) is 0 Å². The minimum Gasteiger partial charge on any atom is -0.304 e. The van der Waals surface area contributed by atoms with Gasteiger partial charge in [-0.1, -0.05) is 64.1 Å². The van der Waals surface area contributed by atoms with Crippen LogP contribution in [0.4, 0.5) is 0 Å². The standard InChI is InChI=1S/C20H32N2O/c1-6-22(7-2)16-15-21(5)17-20(3,4)19(23)14-13-18-11-9-8-10-12-18/h8-14H,6-7,15-17H2,1-5H3. The van der Waals surface area contributed by atoms with Gasteiger partial charge >= 0.3 is 0 Å². The number of hydrogen-bond acceptors (Lipinski definition) is 3. The van der Waals surface area contributed by atoms with E-state index in [0.717, 1.165) is 38.3 Å². The monoisotopic (exact) mass is 316 g/mol. The van der Waals surface area contributed by atoms with Crippen molar-refractivity contribution in [2.45, 2.75) is 27.7 Å². The highest BCUT2D eigenvalue weighted by Gasteiger charge is 2.26. The first kappa shape index (κ1) is 19.6. The van der Waals surface area contributed by atoms with Gasteiger partial charge in [0.25, 0.3) is 0 Å². The van der Waals surface area contributed by atoms with Crippen molar-refractivity contribution in [1.29, 1.82) is 0 Å². The zero-order valence-electron chi connectivity index (χ0n) is 15.4. The fraction of sp³-hybridized carbons (Fsp3) is 0.550. The SMILES string of the molecule is CCN(CC)CCN(C)CC(C)(C)C(=O)C=Cc1ccccc1. The lowest BCUT2D eigenvalue weighted by Crippen LogP contribution is -2.40. The number of carbonyl (C=O) groups excluding carboxylic acids is 1. The average Bonchev–Trinajstić information content (AvgIpc) is 2.54. The van der Waals surface area contributed by atoms with Crippen LogP contribution in [-0.4, -0.2) is 55.4 Å². The summed E-state index contributed by atoms with van der Waals surface area (Å²) in [6.45, 7) is 13.4. The number of benzene rings is 1. The summed E-state index contributed by atoms with van der Waals surface area (Å²) in [5.41, 5.74) is 0.690. The number of allylic oxidation sites excluding steroid dienone is 1. The quantitative estimate of drug-likeness (QED) is 0.617. The molecule has 0 saturated carbocycles. The molecule has 0 spiro atoms. The summed E-state index contributed by atoms with van der Waals surface area (Å²) in [6, 6.07) is 9.96. The first-order valence-corrected chi connectivity index (χ1v) is 8.57. The molecule has 3 nitrogen and oxygen atoms in total. The second-order valence-electron chi connectivity index (χ2n) is 6.76. The van der Waals surface area contributed by atoms with Crippen molar-refractivity contribution in [3.8, 4) is 0 Å². The molecule has 0 fully saturated rings. The molecule has 1 aromatic carbocycles. The Bertz CT molecular complexity index is 490. The van der Waals surface area contributed by atoms with Gasteiger partial charge in [0.15, 0.2) is 5.78 Å². The lowest BCUT2D eigenvalue weighted by atomic mass is 9.87. The van der Waals surface area contributed by atoms with Gasteiger partial charge in [0.2, 0.25) is 0 Å². The van der Waals surface area contributed by atoms with Crippen LogP contribution in [0.25, 0.3) is 6.08 Å². The van der Waals surface area contributed by atoms with Crippen LogP contribution in [0.5, 0.6) is 0 Å². The Morgan fingerprint density at radius 2 is 1.70 bits per heavy atom. The van der Waals surface area contributed by atoms with E-state index in [1.807, 2.05) is 50.3 Å². The van der Waals surface area contributed by atoms with Crippen LogP contribution < -0.4 is 0 Å². The topological polar surface area (TPSA) is 23.6 Å². The number of rotatable bonds is 10. The third kappa shape index (κ3) is 7.10. The normalized spacial score (nSPS) is 12.5. The molecule has 0 bridgehead atoms. The molecule has 0 amide bonds. The summed E-state index contributed by atoms with van der Waals surface area (Å²) < 4.78 is 0. The Labute approximate surface area is 142 Å². The lowest BCUT2D eigenvalue weighted by Gasteiger charge is -2.29. The third-order valence-electron chi connectivity index (χ3n) is 4.25. The molecule has 0 N–H and O–H groups in total. The number of ketones is 1. The molecule has 0 heterocycles. The van der Waals surface area contributed by atoms with Gasteiger partial charge in [-0.05, 0) is 31.8 Å². The molecule has 1 rings (SSSR count). The molecule has 0 aliphatic carbocycles. The molecule has 128 valence electrons. The van der Waals surface area contributed by atoms with Crippen LogP contribution in [0.3, 0.4) is 0 Å². The van der Waals surface area contributed by atoms with Gasteiger partial charge in [-0.25, -0.2) is 0 Å². The molecule has 0 saturated heterocycles. The highest BCUT2D eigenvalue weighted by molar-refractivity contribution is 5.97. The van der Waals surface area contributed by atoms with Crippen LogP contribution >= 0.6 is 0 Å². The van der Waals surface area contributed by atoms with E-state index >= 15 is 0 Å². The summed E-state index contributed by atoms with van der Waals surface area (Å²) in [5.74, 6) is 0.177. The molecule has 0 aliphatic rings. The number of hydrogen-bond donors (Lipinski definition) is 0. The highest BCUT2D eigenvalue weighted by Crippen LogP contribution is 2.19. The zero-order chi connectivity index (χ0) is 17.3. The highest BCUT2D eigenvalue weighted by atomic mass is 16.1. The second-order valence-corrected chi connectivity index (χ2v) is 6.76. The maximum Gasteiger partial charge on any atom is 0.162 e. The molecule has 0 aliphatic heterocycles. The smallest absolute Gasteiger partial charge is 0.162 e. The Balaban J connectivity index is 2.53. The van der Waals surface area contributed by atoms with Crippen molar-refractivity contribution < 1.29 is 4.79 Å². The summed E-state index contributed by atoms with van der Waals surface area (Å²) in [7, 11) is 2.10. The molecule has 0 aromatic heterocycles. The molecule has 3 heteroatoms. The van der Waals surface area contributed by atoms with E-state index in [1.54, 1.807) is 6.08 Å². The zero-order valence-corrected chi connectivity index (χ0v) is 15.4. The molecule has 1 aromatic rings. The summed E-state index contributed by atoms with van der Waals surface area (Å²) in [6.07, 6.45) is 3.62. The van der Waals surface area contributed by atoms with E-state index in [0.29, 0.717) is 0 Å². The molecule has 0 unspecified atom stereocenters. The fourth-order valence-electron chi connectivity index (χ4n) is 2.65. The summed E-state index contributed by atoms with van der Waals surface area (Å²) in [4.78, 5) is 17.2. The Kier molecular flexibility index (Phi) is 8.21. The first-order chi connectivity index (χ1) is 10.9. The number of nitrogens with zero attached hydrogens (tertiary/aromatic N) is 2. The maximum absolute atomic E-state index is 12.5. The van der Waals surface area contributed by atoms with Gasteiger partial charge in [0.1, 0.15) is 0 Å². The van der Waals surface area contributed by atoms with Gasteiger partial charge in [-0.15, -0.1) is 0 Å². The molecular weight excluding hydrogens is 284 g/mol. The molecule has 0 atom stereocenters. The van der Waals surface area contributed by atoms with Gasteiger partial charge in [0.05, 0.1) is 0 Å². The largest absolute Gasteiger partial charge is 0.304 e. The van der Waals surface area contributed by atoms with E-state index in [9.17, 15) is 4.79 Å². The Hall–Kier alpha value is -1.45. The van der Waals surface area contributed by atoms with Crippen LogP contribution in [0, 0.1) is 5.41 Å². The minimum atomic E-state index is -0.372. The molecular formula is C20H32N2O. The van der Waals surface area contributed by atoms with Gasteiger partial charge in [-0.2, -0.15) is 0 Å². The van der Waals surface area contributed by atoms with Crippen molar-refractivity contribution in [2.24, 2.45) is 5.41 Å². The van der Waals surface area contributed by atoms with E-state index in [1.165, 1.54) is 0 Å².